The predicted molar refractivity (Wildman–Crippen MR) is 83.9 cm³/mol. The molecule has 1 aromatic carbocycles. The third-order valence-corrected chi connectivity index (χ3v) is 3.64. The zero-order valence-electron chi connectivity index (χ0n) is 13.3. The maximum atomic E-state index is 12.3. The van der Waals surface area contributed by atoms with E-state index in [1.165, 1.54) is 4.90 Å². The molecule has 1 aliphatic heterocycles. The second kappa shape index (κ2) is 5.98. The van der Waals surface area contributed by atoms with Gasteiger partial charge in [-0.15, -0.1) is 0 Å². The molecule has 1 saturated heterocycles. The molecule has 4 nitrogen and oxygen atoms in total. The van der Waals surface area contributed by atoms with Gasteiger partial charge in [0.15, 0.2) is 0 Å². The summed E-state index contributed by atoms with van der Waals surface area (Å²) >= 11 is 0. The van der Waals surface area contributed by atoms with E-state index in [4.69, 9.17) is 0 Å². The van der Waals surface area contributed by atoms with Crippen LogP contribution >= 0.6 is 0 Å². The van der Waals surface area contributed by atoms with E-state index in [-0.39, 0.29) is 17.2 Å². The van der Waals surface area contributed by atoms with Crippen molar-refractivity contribution in [3.63, 3.8) is 0 Å². The number of hydrogen-bond acceptors (Lipinski definition) is 3. The molecule has 0 radical (unpaired) electrons. The maximum absolute atomic E-state index is 12.3. The van der Waals surface area contributed by atoms with Crippen LogP contribution in [0.2, 0.25) is 0 Å². The molecule has 0 saturated carbocycles. The Morgan fingerprint density at radius 3 is 2.38 bits per heavy atom. The number of carbonyl (C=O) groups is 2. The van der Waals surface area contributed by atoms with E-state index in [0.717, 1.165) is 12.1 Å². The lowest BCUT2D eigenvalue weighted by molar-refractivity contribution is -0.132. The fraction of sp³-hybridized carbons (Fsp3) is 0.529. The molecule has 0 atom stereocenters. The first-order chi connectivity index (χ1) is 9.78. The highest BCUT2D eigenvalue weighted by Crippen LogP contribution is 2.34. The van der Waals surface area contributed by atoms with Crippen molar-refractivity contribution < 1.29 is 9.59 Å². The minimum absolute atomic E-state index is 0.106. The Balaban J connectivity index is 2.19. The van der Waals surface area contributed by atoms with E-state index < -0.39 is 0 Å². The molecule has 21 heavy (non-hydrogen) atoms. The normalized spacial score (nSPS) is 18.4. The minimum Gasteiger partial charge on any atom is -0.310 e. The molecule has 4 heteroatoms. The number of anilines is 1. The number of hydrogen-bond donors (Lipinski definition) is 1. The Bertz CT molecular complexity index is 529. The number of benzene rings is 1. The molecule has 1 N–H and O–H groups in total. The van der Waals surface area contributed by atoms with Gasteiger partial charge in [0, 0.05) is 25.4 Å². The van der Waals surface area contributed by atoms with Crippen molar-refractivity contribution in [2.75, 3.05) is 4.90 Å². The van der Waals surface area contributed by atoms with Crippen molar-refractivity contribution in [3.05, 3.63) is 29.8 Å². The zero-order chi connectivity index (χ0) is 15.6. The van der Waals surface area contributed by atoms with E-state index in [9.17, 15) is 9.59 Å². The summed E-state index contributed by atoms with van der Waals surface area (Å²) in [7, 11) is 0. The number of imide groups is 1. The first kappa shape index (κ1) is 15.7. The molecule has 0 aromatic heterocycles. The van der Waals surface area contributed by atoms with Crippen LogP contribution in [0.15, 0.2) is 24.3 Å². The summed E-state index contributed by atoms with van der Waals surface area (Å²) in [6.45, 7) is 8.83. The third kappa shape index (κ3) is 3.91. The van der Waals surface area contributed by atoms with Gasteiger partial charge in [-0.1, -0.05) is 39.8 Å². The van der Waals surface area contributed by atoms with Crippen LogP contribution in [-0.4, -0.2) is 17.9 Å². The first-order valence-electron chi connectivity index (χ1n) is 7.47. The summed E-state index contributed by atoms with van der Waals surface area (Å²) in [6.07, 6.45) is 0.820. The van der Waals surface area contributed by atoms with E-state index in [2.05, 4.69) is 19.2 Å². The second-order valence-electron chi connectivity index (χ2n) is 6.85. The number of carbonyl (C=O) groups excluding carboxylic acids is 2. The van der Waals surface area contributed by atoms with Crippen molar-refractivity contribution in [1.29, 1.82) is 0 Å². The largest absolute Gasteiger partial charge is 0.310 e. The number of piperidine rings is 1. The van der Waals surface area contributed by atoms with Crippen molar-refractivity contribution in [2.24, 2.45) is 5.41 Å². The summed E-state index contributed by atoms with van der Waals surface area (Å²) < 4.78 is 0. The SMILES string of the molecule is CC(C)NCc1cccc(N2C(=O)CC(C)(C)CC2=O)c1. The number of rotatable bonds is 4. The lowest BCUT2D eigenvalue weighted by Crippen LogP contribution is -2.46. The van der Waals surface area contributed by atoms with Gasteiger partial charge in [0.1, 0.15) is 0 Å². The summed E-state index contributed by atoms with van der Waals surface area (Å²) in [6, 6.07) is 8.04. The molecule has 0 unspecified atom stereocenters. The Labute approximate surface area is 126 Å². The Morgan fingerprint density at radius 2 is 1.81 bits per heavy atom. The number of amides is 2. The van der Waals surface area contributed by atoms with Crippen LogP contribution < -0.4 is 10.2 Å². The Kier molecular flexibility index (Phi) is 4.47. The van der Waals surface area contributed by atoms with Crippen molar-refractivity contribution in [3.8, 4) is 0 Å². The highest BCUT2D eigenvalue weighted by Gasteiger charge is 2.38. The average Bonchev–Trinajstić information content (AvgIpc) is 2.34. The first-order valence-corrected chi connectivity index (χ1v) is 7.47. The van der Waals surface area contributed by atoms with Crippen LogP contribution in [0.3, 0.4) is 0 Å². The summed E-state index contributed by atoms with van der Waals surface area (Å²) in [4.78, 5) is 25.9. The topological polar surface area (TPSA) is 49.4 Å². The van der Waals surface area contributed by atoms with Crippen molar-refractivity contribution >= 4 is 17.5 Å². The molecular formula is C17H24N2O2. The molecule has 1 heterocycles. The lowest BCUT2D eigenvalue weighted by Gasteiger charge is -2.34. The molecule has 1 aliphatic rings. The maximum Gasteiger partial charge on any atom is 0.234 e. The number of nitrogens with zero attached hydrogens (tertiary/aromatic N) is 1. The van der Waals surface area contributed by atoms with E-state index >= 15 is 0 Å². The Morgan fingerprint density at radius 1 is 1.19 bits per heavy atom. The molecule has 0 spiro atoms. The average molecular weight is 288 g/mol. The molecule has 1 fully saturated rings. The highest BCUT2D eigenvalue weighted by atomic mass is 16.2. The molecule has 114 valence electrons. The van der Waals surface area contributed by atoms with Crippen LogP contribution in [0.25, 0.3) is 0 Å². The van der Waals surface area contributed by atoms with Gasteiger partial charge in [0.2, 0.25) is 11.8 Å². The third-order valence-electron chi connectivity index (χ3n) is 3.64. The van der Waals surface area contributed by atoms with Crippen LogP contribution in [0.4, 0.5) is 5.69 Å². The molecule has 2 rings (SSSR count). The lowest BCUT2D eigenvalue weighted by atomic mass is 9.81. The summed E-state index contributed by atoms with van der Waals surface area (Å²) in [5.41, 5.74) is 1.52. The van der Waals surface area contributed by atoms with Crippen LogP contribution in [0.1, 0.15) is 46.1 Å². The minimum atomic E-state index is -0.235. The van der Waals surface area contributed by atoms with Gasteiger partial charge in [-0.2, -0.15) is 0 Å². The van der Waals surface area contributed by atoms with Gasteiger partial charge in [-0.3, -0.25) is 14.5 Å². The quantitative estimate of drug-likeness (QED) is 0.867. The molecule has 0 aliphatic carbocycles. The Hall–Kier alpha value is -1.68. The van der Waals surface area contributed by atoms with Gasteiger partial charge in [0.25, 0.3) is 0 Å². The monoisotopic (exact) mass is 288 g/mol. The van der Waals surface area contributed by atoms with Gasteiger partial charge >= 0.3 is 0 Å². The summed E-state index contributed by atoms with van der Waals surface area (Å²) in [5, 5.41) is 3.34. The standard InChI is InChI=1S/C17H24N2O2/c1-12(2)18-11-13-6-5-7-14(8-13)19-15(20)9-17(3,4)10-16(19)21/h5-8,12,18H,9-11H2,1-4H3. The second-order valence-corrected chi connectivity index (χ2v) is 6.85. The van der Waals surface area contributed by atoms with Crippen molar-refractivity contribution in [1.82, 2.24) is 5.32 Å². The summed E-state index contributed by atoms with van der Waals surface area (Å²) in [5.74, 6) is -0.213. The predicted octanol–water partition coefficient (Wildman–Crippen LogP) is 2.86. The van der Waals surface area contributed by atoms with Crippen LogP contribution in [0.5, 0.6) is 0 Å². The van der Waals surface area contributed by atoms with E-state index in [0.29, 0.717) is 24.6 Å². The van der Waals surface area contributed by atoms with Crippen LogP contribution in [0, 0.1) is 5.41 Å². The van der Waals surface area contributed by atoms with Gasteiger partial charge < -0.3 is 5.32 Å². The molecule has 1 aromatic rings. The van der Waals surface area contributed by atoms with Gasteiger partial charge in [-0.25, -0.2) is 0 Å². The smallest absolute Gasteiger partial charge is 0.234 e. The van der Waals surface area contributed by atoms with E-state index in [1.54, 1.807) is 0 Å². The molecule has 0 bridgehead atoms. The zero-order valence-corrected chi connectivity index (χ0v) is 13.3. The molecule has 2 amide bonds. The van der Waals surface area contributed by atoms with Gasteiger partial charge in [0.05, 0.1) is 5.69 Å². The molecular weight excluding hydrogens is 264 g/mol. The van der Waals surface area contributed by atoms with Crippen LogP contribution in [-0.2, 0) is 16.1 Å². The van der Waals surface area contributed by atoms with Crippen molar-refractivity contribution in [2.45, 2.75) is 53.1 Å². The highest BCUT2D eigenvalue weighted by molar-refractivity contribution is 6.16. The van der Waals surface area contributed by atoms with E-state index in [1.807, 2.05) is 38.1 Å². The number of nitrogens with one attached hydrogen (secondary N) is 1. The fourth-order valence-corrected chi connectivity index (χ4v) is 2.59. The fourth-order valence-electron chi connectivity index (χ4n) is 2.59. The van der Waals surface area contributed by atoms with Gasteiger partial charge in [-0.05, 0) is 23.1 Å².